The Balaban J connectivity index is 1.94. The second kappa shape index (κ2) is 4.29. The van der Waals surface area contributed by atoms with Crippen LogP contribution in [0.1, 0.15) is 24.5 Å². The lowest BCUT2D eigenvalue weighted by Gasteiger charge is -2.11. The molecule has 0 amide bonds. The Labute approximate surface area is 107 Å². The highest BCUT2D eigenvalue weighted by atomic mass is 19.4. The Bertz CT molecular complexity index is 588. The first kappa shape index (κ1) is 12.1. The van der Waals surface area contributed by atoms with E-state index in [0.717, 1.165) is 18.6 Å². The Morgan fingerprint density at radius 1 is 1.21 bits per heavy atom. The predicted molar refractivity (Wildman–Crippen MR) is 60.6 cm³/mol. The second-order valence-electron chi connectivity index (χ2n) is 4.43. The van der Waals surface area contributed by atoms with Crippen molar-refractivity contribution >= 4 is 0 Å². The van der Waals surface area contributed by atoms with Gasteiger partial charge in [-0.3, -0.25) is 0 Å². The third kappa shape index (κ3) is 2.72. The van der Waals surface area contributed by atoms with E-state index >= 15 is 0 Å². The summed E-state index contributed by atoms with van der Waals surface area (Å²) in [6.07, 6.45) is -2.65. The molecule has 1 aromatic heterocycles. The molecule has 0 bridgehead atoms. The van der Waals surface area contributed by atoms with Crippen molar-refractivity contribution < 1.29 is 22.4 Å². The second-order valence-corrected chi connectivity index (χ2v) is 4.43. The van der Waals surface area contributed by atoms with Crippen LogP contribution in [0, 0.1) is 0 Å². The third-order valence-corrected chi connectivity index (χ3v) is 2.90. The van der Waals surface area contributed by atoms with E-state index in [4.69, 9.17) is 4.52 Å². The van der Waals surface area contributed by atoms with Gasteiger partial charge in [0.25, 0.3) is 0 Å². The first-order valence-electron chi connectivity index (χ1n) is 5.85. The maximum Gasteiger partial charge on any atom is 0.573 e. The number of alkyl halides is 3. The minimum Gasteiger partial charge on any atom is -0.405 e. The molecule has 1 aliphatic rings. The van der Waals surface area contributed by atoms with E-state index in [1.807, 2.05) is 0 Å². The van der Waals surface area contributed by atoms with Gasteiger partial charge in [-0.2, -0.15) is 0 Å². The van der Waals surface area contributed by atoms with Gasteiger partial charge in [0.15, 0.2) is 0 Å². The average Bonchev–Trinajstić information content (AvgIpc) is 3.07. The van der Waals surface area contributed by atoms with Crippen LogP contribution in [0.15, 0.2) is 34.9 Å². The Morgan fingerprint density at radius 2 is 1.95 bits per heavy atom. The first-order valence-corrected chi connectivity index (χ1v) is 5.85. The molecule has 2 aromatic rings. The number of aromatic nitrogens is 1. The molecule has 3 rings (SSSR count). The lowest BCUT2D eigenvalue weighted by Crippen LogP contribution is -2.17. The van der Waals surface area contributed by atoms with Gasteiger partial charge >= 0.3 is 6.36 Å². The molecule has 19 heavy (non-hydrogen) atoms. The molecule has 6 heteroatoms. The number of hydrogen-bond donors (Lipinski definition) is 0. The van der Waals surface area contributed by atoms with Crippen molar-refractivity contribution in [3.8, 4) is 17.0 Å². The average molecular weight is 269 g/mol. The summed E-state index contributed by atoms with van der Waals surface area (Å²) in [4.78, 5) is 0. The minimum absolute atomic E-state index is 0.273. The number of nitrogens with zero attached hydrogens (tertiary/aromatic N) is 1. The van der Waals surface area contributed by atoms with Crippen LogP contribution >= 0.6 is 0 Å². The minimum atomic E-state index is -4.72. The van der Waals surface area contributed by atoms with Crippen LogP contribution in [0.4, 0.5) is 13.2 Å². The largest absolute Gasteiger partial charge is 0.573 e. The summed E-state index contributed by atoms with van der Waals surface area (Å²) in [5.74, 6) is 0.805. The van der Waals surface area contributed by atoms with Crippen LogP contribution in [0.2, 0.25) is 0 Å². The van der Waals surface area contributed by atoms with Crippen molar-refractivity contribution in [2.24, 2.45) is 0 Å². The molecule has 0 N–H and O–H groups in total. The third-order valence-electron chi connectivity index (χ3n) is 2.90. The zero-order valence-electron chi connectivity index (χ0n) is 9.78. The molecular formula is C13H10F3NO2. The van der Waals surface area contributed by atoms with Crippen LogP contribution in [0.3, 0.4) is 0 Å². The molecule has 0 radical (unpaired) electrons. The van der Waals surface area contributed by atoms with Gasteiger partial charge in [-0.1, -0.05) is 17.3 Å². The summed E-state index contributed by atoms with van der Waals surface area (Å²) >= 11 is 0. The highest BCUT2D eigenvalue weighted by Gasteiger charge is 2.33. The molecular weight excluding hydrogens is 259 g/mol. The molecule has 0 spiro atoms. The Hall–Kier alpha value is -1.98. The van der Waals surface area contributed by atoms with Crippen LogP contribution in [0.5, 0.6) is 5.75 Å². The van der Waals surface area contributed by atoms with Crippen LogP contribution < -0.4 is 4.74 Å². The van der Waals surface area contributed by atoms with E-state index < -0.39 is 6.36 Å². The molecule has 1 heterocycles. The van der Waals surface area contributed by atoms with Gasteiger partial charge in [0.2, 0.25) is 0 Å². The molecule has 0 unspecified atom stereocenters. The van der Waals surface area contributed by atoms with Crippen LogP contribution in [-0.2, 0) is 0 Å². The maximum atomic E-state index is 12.3. The molecule has 1 aliphatic carbocycles. The number of halogens is 3. The predicted octanol–water partition coefficient (Wildman–Crippen LogP) is 4.12. The van der Waals surface area contributed by atoms with E-state index in [9.17, 15) is 13.2 Å². The molecule has 1 fully saturated rings. The van der Waals surface area contributed by atoms with E-state index in [0.29, 0.717) is 11.6 Å². The SMILES string of the molecule is FC(F)(F)Oc1ccccc1-c1cc(C2CC2)on1. The van der Waals surface area contributed by atoms with Crippen molar-refractivity contribution in [2.45, 2.75) is 25.1 Å². The van der Waals surface area contributed by atoms with Gasteiger partial charge in [0.05, 0.1) is 0 Å². The van der Waals surface area contributed by atoms with Gasteiger partial charge in [0, 0.05) is 17.5 Å². The van der Waals surface area contributed by atoms with E-state index in [1.165, 1.54) is 18.2 Å². The number of ether oxygens (including phenoxy) is 1. The number of para-hydroxylation sites is 1. The smallest absolute Gasteiger partial charge is 0.405 e. The van der Waals surface area contributed by atoms with Gasteiger partial charge in [-0.05, 0) is 25.0 Å². The van der Waals surface area contributed by atoms with Gasteiger partial charge < -0.3 is 9.26 Å². The molecule has 0 atom stereocenters. The molecule has 0 aliphatic heterocycles. The molecule has 1 aromatic carbocycles. The van der Waals surface area contributed by atoms with Crippen molar-refractivity contribution in [3.05, 3.63) is 36.1 Å². The normalized spacial score (nSPS) is 15.5. The monoisotopic (exact) mass is 269 g/mol. The van der Waals surface area contributed by atoms with Crippen molar-refractivity contribution in [3.63, 3.8) is 0 Å². The summed E-state index contributed by atoms with van der Waals surface area (Å²) in [5, 5.41) is 3.82. The van der Waals surface area contributed by atoms with Gasteiger partial charge in [-0.25, -0.2) is 0 Å². The number of hydrogen-bond acceptors (Lipinski definition) is 3. The van der Waals surface area contributed by atoms with E-state index in [1.54, 1.807) is 12.1 Å². The quantitative estimate of drug-likeness (QED) is 0.840. The highest BCUT2D eigenvalue weighted by Crippen LogP contribution is 2.42. The van der Waals surface area contributed by atoms with E-state index in [2.05, 4.69) is 9.89 Å². The summed E-state index contributed by atoms with van der Waals surface area (Å²) < 4.78 is 46.1. The zero-order valence-corrected chi connectivity index (χ0v) is 9.78. The lowest BCUT2D eigenvalue weighted by molar-refractivity contribution is -0.274. The summed E-state index contributed by atoms with van der Waals surface area (Å²) in [5.41, 5.74) is 0.636. The maximum absolute atomic E-state index is 12.3. The summed E-state index contributed by atoms with van der Waals surface area (Å²) in [6.45, 7) is 0. The standard InChI is InChI=1S/C13H10F3NO2/c14-13(15,16)18-11-4-2-1-3-9(11)10-7-12(19-17-10)8-5-6-8/h1-4,7-8H,5-6H2. The topological polar surface area (TPSA) is 35.3 Å². The molecule has 1 saturated carbocycles. The Kier molecular flexibility index (Phi) is 2.73. The molecule has 100 valence electrons. The molecule has 3 nitrogen and oxygen atoms in total. The first-order chi connectivity index (χ1) is 9.03. The lowest BCUT2D eigenvalue weighted by atomic mass is 10.1. The zero-order chi connectivity index (χ0) is 13.5. The fraction of sp³-hybridized carbons (Fsp3) is 0.308. The summed E-state index contributed by atoms with van der Waals surface area (Å²) in [7, 11) is 0. The number of rotatable bonds is 3. The number of benzene rings is 1. The fourth-order valence-electron chi connectivity index (χ4n) is 1.87. The van der Waals surface area contributed by atoms with Crippen LogP contribution in [0.25, 0.3) is 11.3 Å². The van der Waals surface area contributed by atoms with E-state index in [-0.39, 0.29) is 11.3 Å². The summed E-state index contributed by atoms with van der Waals surface area (Å²) in [6, 6.07) is 7.57. The van der Waals surface area contributed by atoms with Crippen molar-refractivity contribution in [1.29, 1.82) is 0 Å². The van der Waals surface area contributed by atoms with Crippen molar-refractivity contribution in [1.82, 2.24) is 5.16 Å². The fourth-order valence-corrected chi connectivity index (χ4v) is 1.87. The Morgan fingerprint density at radius 3 is 2.63 bits per heavy atom. The highest BCUT2D eigenvalue weighted by molar-refractivity contribution is 5.67. The van der Waals surface area contributed by atoms with Crippen LogP contribution in [-0.4, -0.2) is 11.5 Å². The van der Waals surface area contributed by atoms with Gasteiger partial charge in [0.1, 0.15) is 17.2 Å². The molecule has 0 saturated heterocycles. The van der Waals surface area contributed by atoms with Gasteiger partial charge in [-0.15, -0.1) is 13.2 Å². The van der Waals surface area contributed by atoms with Crippen molar-refractivity contribution in [2.75, 3.05) is 0 Å².